The third-order valence-electron chi connectivity index (χ3n) is 12.7. The normalized spacial score (nSPS) is 11.9. The van der Waals surface area contributed by atoms with Crippen LogP contribution in [0.25, 0.3) is 126 Å². The van der Waals surface area contributed by atoms with Crippen LogP contribution < -0.4 is 0 Å². The van der Waals surface area contributed by atoms with Gasteiger partial charge in [0, 0.05) is 43.4 Å². The van der Waals surface area contributed by atoms with Gasteiger partial charge in [-0.3, -0.25) is 0 Å². The van der Waals surface area contributed by atoms with Crippen LogP contribution in [0.2, 0.25) is 0 Å². The Morgan fingerprint density at radius 2 is 0.902 bits per heavy atom. The Labute approximate surface area is 348 Å². The van der Waals surface area contributed by atoms with Crippen molar-refractivity contribution in [1.29, 1.82) is 5.26 Å². The fourth-order valence-corrected chi connectivity index (χ4v) is 10.4. The van der Waals surface area contributed by atoms with Gasteiger partial charge in [-0.2, -0.15) is 5.26 Å². The van der Waals surface area contributed by atoms with Gasteiger partial charge in [0.2, 0.25) is 5.69 Å². The number of para-hydroxylation sites is 2. The van der Waals surface area contributed by atoms with Crippen molar-refractivity contribution in [1.82, 2.24) is 9.13 Å². The van der Waals surface area contributed by atoms with Crippen molar-refractivity contribution in [3.05, 3.63) is 199 Å². The van der Waals surface area contributed by atoms with Crippen LogP contribution >= 0.6 is 0 Å². The number of nitrogens with zero attached hydrogens (tertiary/aromatic N) is 4. The standard InChI is InChI=1S/C56H30N4O/c1-58-54-48(33-16-4-2-5-17-33)41(32-57)55(59-42-26-12-10-22-39(42)52-45(59)30-31-47-53(52)40-23-11-13-29-46(40)61-47)49(34-18-6-3-7-19-34)56(54)60-43-27-14-24-37-35-20-8-9-21-36(35)38-25-15-28-44(60)51(38)50(37)43/h2-31H. The van der Waals surface area contributed by atoms with E-state index < -0.39 is 0 Å². The highest BCUT2D eigenvalue weighted by Crippen LogP contribution is 2.54. The summed E-state index contributed by atoms with van der Waals surface area (Å²) in [7, 11) is 0. The van der Waals surface area contributed by atoms with E-state index in [1.54, 1.807) is 0 Å². The van der Waals surface area contributed by atoms with Gasteiger partial charge in [-0.1, -0.05) is 146 Å². The van der Waals surface area contributed by atoms with Crippen molar-refractivity contribution in [2.45, 2.75) is 0 Å². The van der Waals surface area contributed by atoms with Crippen LogP contribution in [0.15, 0.2) is 186 Å². The van der Waals surface area contributed by atoms with E-state index in [0.717, 1.165) is 98.7 Å². The smallest absolute Gasteiger partial charge is 0.220 e. The van der Waals surface area contributed by atoms with Crippen molar-refractivity contribution < 1.29 is 4.42 Å². The van der Waals surface area contributed by atoms with Crippen LogP contribution in [-0.2, 0) is 0 Å². The highest BCUT2D eigenvalue weighted by molar-refractivity contribution is 6.35. The fraction of sp³-hybridized carbons (Fsp3) is 0. The van der Waals surface area contributed by atoms with Gasteiger partial charge in [-0.05, 0) is 69.1 Å². The second-order valence-electron chi connectivity index (χ2n) is 15.7. The topological polar surface area (TPSA) is 51.1 Å². The molecule has 5 nitrogen and oxygen atoms in total. The van der Waals surface area contributed by atoms with Crippen molar-refractivity contribution in [2.24, 2.45) is 0 Å². The molecule has 0 spiro atoms. The molecule has 0 fully saturated rings. The first kappa shape index (κ1) is 33.3. The second-order valence-corrected chi connectivity index (χ2v) is 15.7. The minimum atomic E-state index is 0.417. The van der Waals surface area contributed by atoms with Gasteiger partial charge in [-0.15, -0.1) is 0 Å². The lowest BCUT2D eigenvalue weighted by molar-refractivity contribution is 0.669. The molecule has 13 aromatic rings. The fourth-order valence-electron chi connectivity index (χ4n) is 10.4. The molecule has 13 rings (SSSR count). The van der Waals surface area contributed by atoms with Gasteiger partial charge in [0.05, 0.1) is 45.6 Å². The molecule has 3 aromatic heterocycles. The van der Waals surface area contributed by atoms with Gasteiger partial charge in [0.1, 0.15) is 17.2 Å². The van der Waals surface area contributed by atoms with Crippen LogP contribution in [0.4, 0.5) is 5.69 Å². The maximum absolute atomic E-state index is 11.7. The van der Waals surface area contributed by atoms with E-state index in [4.69, 9.17) is 11.0 Å². The minimum Gasteiger partial charge on any atom is -0.456 e. The molecule has 0 unspecified atom stereocenters. The predicted molar refractivity (Wildman–Crippen MR) is 250 cm³/mol. The third kappa shape index (κ3) is 4.36. The van der Waals surface area contributed by atoms with Gasteiger partial charge in [0.15, 0.2) is 0 Å². The van der Waals surface area contributed by atoms with Crippen LogP contribution in [0.5, 0.6) is 0 Å². The molecule has 0 aliphatic rings. The van der Waals surface area contributed by atoms with Crippen molar-refractivity contribution in [2.75, 3.05) is 0 Å². The molecule has 0 aliphatic carbocycles. The van der Waals surface area contributed by atoms with Crippen molar-refractivity contribution in [3.8, 4) is 39.7 Å². The summed E-state index contributed by atoms with van der Waals surface area (Å²) in [5.74, 6) is 0. The third-order valence-corrected chi connectivity index (χ3v) is 12.7. The molecule has 0 saturated heterocycles. The van der Waals surface area contributed by atoms with E-state index in [-0.39, 0.29) is 0 Å². The van der Waals surface area contributed by atoms with E-state index in [1.807, 2.05) is 60.7 Å². The molecule has 61 heavy (non-hydrogen) atoms. The van der Waals surface area contributed by atoms with Gasteiger partial charge >= 0.3 is 0 Å². The van der Waals surface area contributed by atoms with E-state index in [9.17, 15) is 5.26 Å². The molecule has 3 heterocycles. The molecule has 0 N–H and O–H groups in total. The number of fused-ring (bicyclic) bond motifs is 10. The lowest BCUT2D eigenvalue weighted by atomic mass is 9.88. The molecule has 5 heteroatoms. The predicted octanol–water partition coefficient (Wildman–Crippen LogP) is 15.3. The molecular weight excluding hydrogens is 745 g/mol. The van der Waals surface area contributed by atoms with Crippen LogP contribution in [-0.4, -0.2) is 9.13 Å². The molecule has 0 saturated carbocycles. The summed E-state index contributed by atoms with van der Waals surface area (Å²) >= 11 is 0. The monoisotopic (exact) mass is 774 g/mol. The maximum Gasteiger partial charge on any atom is 0.220 e. The Hall–Kier alpha value is -8.64. The Bertz CT molecular complexity index is 3970. The molecule has 0 bridgehead atoms. The molecular formula is C56H30N4O. The Kier molecular flexibility index (Phi) is 6.80. The SMILES string of the molecule is [C-]#[N+]c1c(-c2ccccc2)c(C#N)c(-n2c3ccccc3c3c4c(ccc32)oc2ccccc24)c(-c2ccccc2)c1-n1c2cccc3c4ccccc4c4cccc1c4c32. The number of benzene rings is 10. The zero-order valence-corrected chi connectivity index (χ0v) is 32.5. The summed E-state index contributed by atoms with van der Waals surface area (Å²) in [5, 5.41) is 22.9. The lowest BCUT2D eigenvalue weighted by Crippen LogP contribution is -2.08. The van der Waals surface area contributed by atoms with E-state index in [1.165, 1.54) is 10.8 Å². The Balaban J connectivity index is 1.32. The van der Waals surface area contributed by atoms with E-state index >= 15 is 0 Å². The summed E-state index contributed by atoms with van der Waals surface area (Å²) in [6.07, 6.45) is 0. The lowest BCUT2D eigenvalue weighted by Gasteiger charge is -2.25. The first-order valence-corrected chi connectivity index (χ1v) is 20.4. The summed E-state index contributed by atoms with van der Waals surface area (Å²) in [5.41, 5.74) is 10.9. The summed E-state index contributed by atoms with van der Waals surface area (Å²) in [6, 6.07) is 65.5. The van der Waals surface area contributed by atoms with Crippen LogP contribution in [0.1, 0.15) is 5.56 Å². The number of furan rings is 1. The highest BCUT2D eigenvalue weighted by Gasteiger charge is 2.32. The second kappa shape index (κ2) is 12.4. The number of aromatic nitrogens is 2. The molecule has 0 radical (unpaired) electrons. The highest BCUT2D eigenvalue weighted by atomic mass is 16.3. The van der Waals surface area contributed by atoms with Crippen LogP contribution in [0, 0.1) is 17.9 Å². The minimum absolute atomic E-state index is 0.417. The largest absolute Gasteiger partial charge is 0.456 e. The first-order valence-electron chi connectivity index (χ1n) is 20.4. The zero-order chi connectivity index (χ0) is 40.3. The molecule has 0 amide bonds. The van der Waals surface area contributed by atoms with Gasteiger partial charge in [-0.25, -0.2) is 4.85 Å². The number of hydrogen-bond acceptors (Lipinski definition) is 2. The average Bonchev–Trinajstić information content (AvgIpc) is 3.99. The van der Waals surface area contributed by atoms with Crippen molar-refractivity contribution in [3.63, 3.8) is 0 Å². The summed E-state index contributed by atoms with van der Waals surface area (Å²) < 4.78 is 11.1. The van der Waals surface area contributed by atoms with E-state index in [2.05, 4.69) is 141 Å². The van der Waals surface area contributed by atoms with E-state index in [0.29, 0.717) is 22.5 Å². The van der Waals surface area contributed by atoms with Crippen LogP contribution in [0.3, 0.4) is 0 Å². The number of hydrogen-bond donors (Lipinski definition) is 0. The number of nitriles is 1. The zero-order valence-electron chi connectivity index (χ0n) is 32.5. The Morgan fingerprint density at radius 3 is 1.54 bits per heavy atom. The molecule has 280 valence electrons. The van der Waals surface area contributed by atoms with Gasteiger partial charge < -0.3 is 13.6 Å². The van der Waals surface area contributed by atoms with Gasteiger partial charge in [0.25, 0.3) is 0 Å². The van der Waals surface area contributed by atoms with Crippen molar-refractivity contribution >= 4 is 92.8 Å². The molecule has 10 aromatic carbocycles. The maximum atomic E-state index is 11.7. The summed E-state index contributed by atoms with van der Waals surface area (Å²) in [6.45, 7) is 9.17. The summed E-state index contributed by atoms with van der Waals surface area (Å²) in [4.78, 5) is 4.48. The first-order chi connectivity index (χ1) is 30.2. The number of rotatable bonds is 4. The average molecular weight is 775 g/mol. The molecule has 0 aliphatic heterocycles. The quantitative estimate of drug-likeness (QED) is 0.132. The Morgan fingerprint density at radius 1 is 0.410 bits per heavy atom. The molecule has 0 atom stereocenters.